The molecule has 0 saturated carbocycles. The third kappa shape index (κ3) is 3.07. The standard InChI is InChI=1S/C10H11FNO/c1-12(13-2)8-7-9-3-5-10(11)6-4-9/h3-8H,1H2,2H3/q+1. The summed E-state index contributed by atoms with van der Waals surface area (Å²) >= 11 is 0. The molecule has 0 unspecified atom stereocenters. The van der Waals surface area contributed by atoms with E-state index in [0.29, 0.717) is 0 Å². The molecule has 0 spiro atoms. The van der Waals surface area contributed by atoms with Crippen molar-refractivity contribution in [3.8, 4) is 0 Å². The molecule has 0 bridgehead atoms. The van der Waals surface area contributed by atoms with Gasteiger partial charge in [0.1, 0.15) is 12.9 Å². The Kier molecular flexibility index (Phi) is 3.20. The average molecular weight is 180 g/mol. The maximum absolute atomic E-state index is 12.5. The van der Waals surface area contributed by atoms with Gasteiger partial charge in [-0.05, 0) is 22.4 Å². The van der Waals surface area contributed by atoms with Crippen LogP contribution in [0.2, 0.25) is 0 Å². The zero-order valence-corrected chi connectivity index (χ0v) is 7.40. The first kappa shape index (κ1) is 9.45. The van der Waals surface area contributed by atoms with E-state index >= 15 is 0 Å². The third-order valence-electron chi connectivity index (χ3n) is 1.54. The second-order valence-corrected chi connectivity index (χ2v) is 2.47. The van der Waals surface area contributed by atoms with Crippen molar-refractivity contribution in [3.63, 3.8) is 0 Å². The lowest BCUT2D eigenvalue weighted by atomic mass is 10.2. The molecule has 0 saturated heterocycles. The van der Waals surface area contributed by atoms with Gasteiger partial charge >= 0.3 is 0 Å². The predicted molar refractivity (Wildman–Crippen MR) is 49.8 cm³/mol. The van der Waals surface area contributed by atoms with E-state index in [4.69, 9.17) is 4.84 Å². The van der Waals surface area contributed by atoms with Crippen LogP contribution in [0.25, 0.3) is 6.08 Å². The highest BCUT2D eigenvalue weighted by Gasteiger charge is 1.92. The van der Waals surface area contributed by atoms with E-state index in [2.05, 4.69) is 6.72 Å². The Morgan fingerprint density at radius 1 is 1.38 bits per heavy atom. The van der Waals surface area contributed by atoms with Gasteiger partial charge in [-0.15, -0.1) is 0 Å². The summed E-state index contributed by atoms with van der Waals surface area (Å²) < 4.78 is 13.8. The van der Waals surface area contributed by atoms with Crippen LogP contribution in [-0.2, 0) is 4.84 Å². The molecule has 0 N–H and O–H groups in total. The Morgan fingerprint density at radius 2 is 2.00 bits per heavy atom. The Bertz CT molecular complexity index is 316. The van der Waals surface area contributed by atoms with E-state index in [1.54, 1.807) is 24.4 Å². The number of hydroxylamine groups is 1. The Labute approximate surface area is 76.5 Å². The highest BCUT2D eigenvalue weighted by atomic mass is 19.1. The fourth-order valence-corrected chi connectivity index (χ4v) is 0.804. The zero-order valence-electron chi connectivity index (χ0n) is 7.40. The topological polar surface area (TPSA) is 12.2 Å². The van der Waals surface area contributed by atoms with Gasteiger partial charge in [0.25, 0.3) is 0 Å². The van der Waals surface area contributed by atoms with Crippen molar-refractivity contribution in [2.75, 3.05) is 7.11 Å². The number of rotatable bonds is 3. The lowest BCUT2D eigenvalue weighted by Crippen LogP contribution is -1.96. The SMILES string of the molecule is C=[N+](C=Cc1ccc(F)cc1)OC. The highest BCUT2D eigenvalue weighted by Crippen LogP contribution is 2.04. The molecule has 3 heteroatoms. The van der Waals surface area contributed by atoms with E-state index in [-0.39, 0.29) is 5.82 Å². The molecule has 2 nitrogen and oxygen atoms in total. The van der Waals surface area contributed by atoms with Crippen LogP contribution in [0.1, 0.15) is 5.56 Å². The molecule has 0 fully saturated rings. The molecule has 1 rings (SSSR count). The second kappa shape index (κ2) is 4.40. The van der Waals surface area contributed by atoms with Gasteiger partial charge in [-0.25, -0.2) is 4.39 Å². The van der Waals surface area contributed by atoms with Gasteiger partial charge in [-0.2, -0.15) is 0 Å². The lowest BCUT2D eigenvalue weighted by Gasteiger charge is -1.91. The summed E-state index contributed by atoms with van der Waals surface area (Å²) in [4.78, 5) is 4.76. The quantitative estimate of drug-likeness (QED) is 0.394. The van der Waals surface area contributed by atoms with Crippen LogP contribution in [0, 0.1) is 5.82 Å². The molecule has 0 radical (unpaired) electrons. The largest absolute Gasteiger partial charge is 0.275 e. The molecule has 1 aromatic rings. The van der Waals surface area contributed by atoms with Gasteiger partial charge in [-0.3, -0.25) is 4.84 Å². The minimum atomic E-state index is -0.240. The van der Waals surface area contributed by atoms with Gasteiger partial charge in [0.05, 0.1) is 0 Å². The molecule has 0 aliphatic rings. The summed E-state index contributed by atoms with van der Waals surface area (Å²) in [6.07, 6.45) is 3.42. The first-order valence-corrected chi connectivity index (χ1v) is 3.80. The molecule has 1 aromatic carbocycles. The van der Waals surface area contributed by atoms with Gasteiger partial charge in [-0.1, -0.05) is 12.1 Å². The number of hydrogen-bond donors (Lipinski definition) is 0. The fourth-order valence-electron chi connectivity index (χ4n) is 0.804. The van der Waals surface area contributed by atoms with Crippen LogP contribution in [0.5, 0.6) is 0 Å². The maximum atomic E-state index is 12.5. The van der Waals surface area contributed by atoms with Crippen LogP contribution in [0.3, 0.4) is 0 Å². The molecule has 0 amide bonds. The number of benzene rings is 1. The molecule has 68 valence electrons. The number of hydrogen-bond acceptors (Lipinski definition) is 1. The van der Waals surface area contributed by atoms with Crippen LogP contribution < -0.4 is 0 Å². The Balaban J connectivity index is 2.69. The third-order valence-corrected chi connectivity index (χ3v) is 1.54. The summed E-state index contributed by atoms with van der Waals surface area (Å²) in [5.41, 5.74) is 0.895. The van der Waals surface area contributed by atoms with Gasteiger partial charge in [0.2, 0.25) is 6.20 Å². The minimum absolute atomic E-state index is 0.240. The van der Waals surface area contributed by atoms with Gasteiger partial charge in [0.15, 0.2) is 6.72 Å². The Hall–Kier alpha value is -1.64. The van der Waals surface area contributed by atoms with Crippen LogP contribution >= 0.6 is 0 Å². The van der Waals surface area contributed by atoms with Crippen molar-refractivity contribution in [2.24, 2.45) is 0 Å². The summed E-state index contributed by atoms with van der Waals surface area (Å²) in [5.74, 6) is -0.240. The van der Waals surface area contributed by atoms with Crippen molar-refractivity contribution in [3.05, 3.63) is 41.8 Å². The summed E-state index contributed by atoms with van der Waals surface area (Å²) in [7, 11) is 1.52. The zero-order chi connectivity index (χ0) is 9.68. The van der Waals surface area contributed by atoms with Crippen molar-refractivity contribution in [1.82, 2.24) is 0 Å². The molecule has 0 aliphatic carbocycles. The van der Waals surface area contributed by atoms with Crippen molar-refractivity contribution < 1.29 is 14.0 Å². The van der Waals surface area contributed by atoms with E-state index in [1.165, 1.54) is 24.0 Å². The lowest BCUT2D eigenvalue weighted by molar-refractivity contribution is -0.725. The molecular weight excluding hydrogens is 169 g/mol. The van der Waals surface area contributed by atoms with Gasteiger partial charge in [0, 0.05) is 6.08 Å². The maximum Gasteiger partial charge on any atom is 0.222 e. The van der Waals surface area contributed by atoms with E-state index in [0.717, 1.165) is 5.56 Å². The van der Waals surface area contributed by atoms with E-state index < -0.39 is 0 Å². The van der Waals surface area contributed by atoms with Gasteiger partial charge < -0.3 is 0 Å². The monoisotopic (exact) mass is 180 g/mol. The van der Waals surface area contributed by atoms with Crippen LogP contribution in [0.15, 0.2) is 30.5 Å². The van der Waals surface area contributed by atoms with E-state index in [9.17, 15) is 4.39 Å². The molecular formula is C10H11FNO+. The van der Waals surface area contributed by atoms with Crippen molar-refractivity contribution >= 4 is 12.8 Å². The smallest absolute Gasteiger partial charge is 0.222 e. The first-order valence-electron chi connectivity index (χ1n) is 3.80. The van der Waals surface area contributed by atoms with Crippen molar-refractivity contribution in [2.45, 2.75) is 0 Å². The summed E-state index contributed by atoms with van der Waals surface area (Å²) in [5, 5.41) is 0. The minimum Gasteiger partial charge on any atom is -0.275 e. The number of halogens is 1. The Morgan fingerprint density at radius 3 is 2.54 bits per heavy atom. The summed E-state index contributed by atoms with van der Waals surface area (Å²) in [6, 6.07) is 6.16. The fraction of sp³-hybridized carbons (Fsp3) is 0.100. The predicted octanol–water partition coefficient (Wildman–Crippen LogP) is 2.07. The van der Waals surface area contributed by atoms with E-state index in [1.807, 2.05) is 0 Å². The van der Waals surface area contributed by atoms with Crippen LogP contribution in [0.4, 0.5) is 4.39 Å². The summed E-state index contributed by atoms with van der Waals surface area (Å²) in [6.45, 7) is 3.54. The molecule has 0 heterocycles. The normalized spacial score (nSPS) is 10.3. The molecule has 0 aliphatic heterocycles. The van der Waals surface area contributed by atoms with Crippen molar-refractivity contribution in [1.29, 1.82) is 0 Å². The van der Waals surface area contributed by atoms with Crippen LogP contribution in [-0.4, -0.2) is 18.6 Å². The molecule has 0 atom stereocenters. The average Bonchev–Trinajstić information content (AvgIpc) is 2.16. The highest BCUT2D eigenvalue weighted by molar-refractivity contribution is 5.47. The molecule has 13 heavy (non-hydrogen) atoms. The second-order valence-electron chi connectivity index (χ2n) is 2.47. The molecule has 0 aromatic heterocycles. The first-order chi connectivity index (χ1) is 6.22. The number of nitrogens with zero attached hydrogens (tertiary/aromatic N) is 1.